The van der Waals surface area contributed by atoms with Gasteiger partial charge in [-0.2, -0.15) is 13.2 Å². The van der Waals surface area contributed by atoms with Crippen molar-refractivity contribution in [2.24, 2.45) is 0 Å². The Labute approximate surface area is 127 Å². The first kappa shape index (κ1) is 14.4. The third kappa shape index (κ3) is 2.91. The fraction of sp³-hybridized carbons (Fsp3) is 0.133. The predicted molar refractivity (Wildman–Crippen MR) is 78.8 cm³/mol. The average molecular weight is 326 g/mol. The summed E-state index contributed by atoms with van der Waals surface area (Å²) in [5.41, 5.74) is 1.22. The number of alkyl halides is 3. The number of ketones is 1. The minimum Gasteiger partial charge on any atom is -0.289 e. The predicted octanol–water partition coefficient (Wildman–Crippen LogP) is 5.14. The van der Waals surface area contributed by atoms with E-state index in [1.54, 1.807) is 23.9 Å². The minimum absolute atomic E-state index is 0.0371. The molecule has 1 aliphatic heterocycles. The molecule has 21 heavy (non-hydrogen) atoms. The Morgan fingerprint density at radius 3 is 2.48 bits per heavy atom. The average Bonchev–Trinajstić information content (AvgIpc) is 2.91. The number of carbonyl (C=O) groups excluding carboxylic acids is 1. The molecule has 3 rings (SSSR count). The Morgan fingerprint density at radius 1 is 1.10 bits per heavy atom. The van der Waals surface area contributed by atoms with Crippen LogP contribution >= 0.6 is 23.1 Å². The zero-order valence-corrected chi connectivity index (χ0v) is 12.2. The van der Waals surface area contributed by atoms with E-state index in [0.717, 1.165) is 16.3 Å². The van der Waals surface area contributed by atoms with Crippen LogP contribution in [0.25, 0.3) is 6.08 Å². The summed E-state index contributed by atoms with van der Waals surface area (Å²) < 4.78 is 38.5. The second kappa shape index (κ2) is 5.35. The molecule has 0 N–H and O–H groups in total. The van der Waals surface area contributed by atoms with Gasteiger partial charge < -0.3 is 0 Å². The minimum atomic E-state index is -4.34. The summed E-state index contributed by atoms with van der Waals surface area (Å²) in [5, 5.41) is 1.87. The largest absolute Gasteiger partial charge is 0.416 e. The molecular weight excluding hydrogens is 317 g/mol. The van der Waals surface area contributed by atoms with Crippen LogP contribution in [0.4, 0.5) is 13.2 Å². The molecule has 108 valence electrons. The molecule has 1 aliphatic rings. The summed E-state index contributed by atoms with van der Waals surface area (Å²) in [6.07, 6.45) is -2.68. The van der Waals surface area contributed by atoms with Gasteiger partial charge in [0.25, 0.3) is 0 Å². The quantitative estimate of drug-likeness (QED) is 0.675. The van der Waals surface area contributed by atoms with E-state index in [2.05, 4.69) is 0 Å². The summed E-state index contributed by atoms with van der Waals surface area (Å²) in [4.78, 5) is 12.3. The van der Waals surface area contributed by atoms with Crippen LogP contribution in [0.3, 0.4) is 0 Å². The second-order valence-electron chi connectivity index (χ2n) is 4.53. The maximum atomic E-state index is 12.5. The fourth-order valence-electron chi connectivity index (χ4n) is 2.03. The fourth-order valence-corrected chi connectivity index (χ4v) is 4.08. The zero-order chi connectivity index (χ0) is 15.0. The summed E-state index contributed by atoms with van der Waals surface area (Å²) in [6.45, 7) is 0. The molecule has 0 fully saturated rings. The maximum Gasteiger partial charge on any atom is 0.416 e. The van der Waals surface area contributed by atoms with E-state index in [1.807, 2.05) is 5.38 Å². The number of benzene rings is 1. The van der Waals surface area contributed by atoms with E-state index >= 15 is 0 Å². The lowest BCUT2D eigenvalue weighted by Gasteiger charge is -2.13. The van der Waals surface area contributed by atoms with Crippen LogP contribution in [0.2, 0.25) is 0 Å². The van der Waals surface area contributed by atoms with Crippen LogP contribution in [0.15, 0.2) is 45.5 Å². The van der Waals surface area contributed by atoms with E-state index in [9.17, 15) is 18.0 Å². The van der Waals surface area contributed by atoms with Crippen LogP contribution in [-0.2, 0) is 6.18 Å². The Balaban J connectivity index is 1.88. The number of fused-ring (bicyclic) bond motifs is 1. The van der Waals surface area contributed by atoms with Crippen molar-refractivity contribution in [3.8, 4) is 0 Å². The van der Waals surface area contributed by atoms with Gasteiger partial charge in [-0.1, -0.05) is 12.1 Å². The highest BCUT2D eigenvalue weighted by atomic mass is 32.2. The van der Waals surface area contributed by atoms with Crippen molar-refractivity contribution in [2.75, 3.05) is 5.75 Å². The number of rotatable bonds is 1. The molecule has 1 nitrogen and oxygen atoms in total. The molecule has 1 aromatic carbocycles. The number of halogens is 3. The molecule has 0 bridgehead atoms. The van der Waals surface area contributed by atoms with Gasteiger partial charge in [-0.15, -0.1) is 23.1 Å². The molecule has 0 spiro atoms. The Kier molecular flexibility index (Phi) is 3.67. The van der Waals surface area contributed by atoms with Gasteiger partial charge in [-0.05, 0) is 35.2 Å². The topological polar surface area (TPSA) is 17.1 Å². The van der Waals surface area contributed by atoms with Crippen molar-refractivity contribution in [1.29, 1.82) is 0 Å². The van der Waals surface area contributed by atoms with Gasteiger partial charge in [-0.3, -0.25) is 4.79 Å². The van der Waals surface area contributed by atoms with Crippen LogP contribution < -0.4 is 0 Å². The lowest BCUT2D eigenvalue weighted by atomic mass is 10.0. The Hall–Kier alpha value is -1.53. The molecule has 2 heterocycles. The zero-order valence-electron chi connectivity index (χ0n) is 10.6. The van der Waals surface area contributed by atoms with Crippen molar-refractivity contribution >= 4 is 35.0 Å². The molecule has 0 aliphatic carbocycles. The van der Waals surface area contributed by atoms with Crippen LogP contribution in [0, 0.1) is 0 Å². The monoisotopic (exact) mass is 326 g/mol. The number of hydrogen-bond acceptors (Lipinski definition) is 3. The lowest BCUT2D eigenvalue weighted by molar-refractivity contribution is -0.137. The molecule has 6 heteroatoms. The molecule has 0 atom stereocenters. The Bertz CT molecular complexity index is 711. The highest BCUT2D eigenvalue weighted by molar-refractivity contribution is 8.01. The van der Waals surface area contributed by atoms with Gasteiger partial charge in [0.15, 0.2) is 5.78 Å². The van der Waals surface area contributed by atoms with E-state index in [-0.39, 0.29) is 5.78 Å². The van der Waals surface area contributed by atoms with E-state index in [1.165, 1.54) is 23.5 Å². The number of Topliss-reactive ketones (excluding diaryl/α,β-unsaturated/α-hetero) is 1. The first-order chi connectivity index (χ1) is 9.95. The van der Waals surface area contributed by atoms with Gasteiger partial charge >= 0.3 is 6.18 Å². The van der Waals surface area contributed by atoms with Crippen LogP contribution in [0.1, 0.15) is 21.5 Å². The summed E-state index contributed by atoms with van der Waals surface area (Å²) >= 11 is 3.12. The Morgan fingerprint density at radius 2 is 1.81 bits per heavy atom. The summed E-state index contributed by atoms with van der Waals surface area (Å²) in [7, 11) is 0. The van der Waals surface area contributed by atoms with Gasteiger partial charge in [-0.25, -0.2) is 0 Å². The molecular formula is C15H9F3OS2. The molecule has 0 radical (unpaired) electrons. The molecule has 2 aromatic rings. The summed E-state index contributed by atoms with van der Waals surface area (Å²) in [6, 6.07) is 6.62. The molecule has 1 aromatic heterocycles. The highest BCUT2D eigenvalue weighted by Gasteiger charge is 2.30. The normalized spacial score (nSPS) is 17.1. The van der Waals surface area contributed by atoms with Gasteiger partial charge in [0, 0.05) is 16.9 Å². The standard InChI is InChI=1S/C15H9F3OS2/c16-15(17,18)11-3-1-9(2-4-11)7-10-8-21-14-12(13(10)19)5-6-20-14/h1-7H,8H2/b10-7+. The molecule has 0 amide bonds. The van der Waals surface area contributed by atoms with E-state index < -0.39 is 11.7 Å². The third-order valence-electron chi connectivity index (χ3n) is 3.10. The van der Waals surface area contributed by atoms with Crippen molar-refractivity contribution < 1.29 is 18.0 Å². The number of thioether (sulfide) groups is 1. The smallest absolute Gasteiger partial charge is 0.289 e. The molecule has 0 saturated carbocycles. The van der Waals surface area contributed by atoms with Gasteiger partial charge in [0.2, 0.25) is 0 Å². The maximum absolute atomic E-state index is 12.5. The van der Waals surface area contributed by atoms with Crippen LogP contribution in [0.5, 0.6) is 0 Å². The molecule has 0 saturated heterocycles. The number of hydrogen-bond donors (Lipinski definition) is 0. The number of carbonyl (C=O) groups is 1. The van der Waals surface area contributed by atoms with Gasteiger partial charge in [0.05, 0.1) is 9.77 Å². The van der Waals surface area contributed by atoms with Gasteiger partial charge in [0.1, 0.15) is 0 Å². The van der Waals surface area contributed by atoms with E-state index in [0.29, 0.717) is 22.5 Å². The summed E-state index contributed by atoms with van der Waals surface area (Å²) in [5.74, 6) is 0.512. The van der Waals surface area contributed by atoms with Crippen molar-refractivity contribution in [1.82, 2.24) is 0 Å². The van der Waals surface area contributed by atoms with Crippen molar-refractivity contribution in [3.63, 3.8) is 0 Å². The van der Waals surface area contributed by atoms with Crippen LogP contribution in [-0.4, -0.2) is 11.5 Å². The second-order valence-corrected chi connectivity index (χ2v) is 6.69. The highest BCUT2D eigenvalue weighted by Crippen LogP contribution is 2.37. The third-order valence-corrected chi connectivity index (χ3v) is 5.39. The number of thiophene rings is 1. The first-order valence-electron chi connectivity index (χ1n) is 6.08. The van der Waals surface area contributed by atoms with Crippen molar-refractivity contribution in [2.45, 2.75) is 10.4 Å². The lowest BCUT2D eigenvalue weighted by Crippen LogP contribution is -2.10. The SMILES string of the molecule is O=C1/C(=C/c2ccc(C(F)(F)F)cc2)CSc2sccc21. The molecule has 0 unspecified atom stereocenters. The van der Waals surface area contributed by atoms with Crippen molar-refractivity contribution in [3.05, 3.63) is 58.0 Å². The first-order valence-corrected chi connectivity index (χ1v) is 7.94. The van der Waals surface area contributed by atoms with E-state index in [4.69, 9.17) is 0 Å².